The van der Waals surface area contributed by atoms with Crippen molar-refractivity contribution in [1.29, 1.82) is 0 Å². The van der Waals surface area contributed by atoms with Gasteiger partial charge in [-0.05, 0) is 42.7 Å². The van der Waals surface area contributed by atoms with Crippen molar-refractivity contribution < 1.29 is 13.2 Å². The zero-order valence-corrected chi connectivity index (χ0v) is 14.4. The maximum atomic E-state index is 12.5. The van der Waals surface area contributed by atoms with Crippen LogP contribution >= 0.6 is 0 Å². The second-order valence-corrected chi connectivity index (χ2v) is 7.13. The van der Waals surface area contributed by atoms with E-state index in [1.807, 2.05) is 13.8 Å². The Balaban J connectivity index is 2.30. The molecule has 2 aromatic rings. The molecule has 0 aliphatic heterocycles. The van der Waals surface area contributed by atoms with Crippen molar-refractivity contribution in [3.63, 3.8) is 0 Å². The molecule has 0 saturated carbocycles. The van der Waals surface area contributed by atoms with Crippen LogP contribution in [0, 0.1) is 13.8 Å². The molecule has 1 heterocycles. The largest absolute Gasteiger partial charge is 0.495 e. The Bertz CT molecular complexity index is 885. The monoisotopic (exact) mass is 336 g/mol. The average Bonchev–Trinajstić information content (AvgIpc) is 2.50. The summed E-state index contributed by atoms with van der Waals surface area (Å²) in [4.78, 5) is 11.5. The standard InChI is InChI=1S/C16H20N2O4S/c1-11-7-14(22-4)15(8-12(11)2)23(20,21)17-9-13-5-6-16(19)18(3)10-13/h5-8,10,17H,9H2,1-4H3. The molecule has 23 heavy (non-hydrogen) atoms. The maximum absolute atomic E-state index is 12.5. The lowest BCUT2D eigenvalue weighted by Crippen LogP contribution is -2.25. The molecule has 0 spiro atoms. The summed E-state index contributed by atoms with van der Waals surface area (Å²) in [6, 6.07) is 6.30. The van der Waals surface area contributed by atoms with Crippen LogP contribution in [0.2, 0.25) is 0 Å². The van der Waals surface area contributed by atoms with Gasteiger partial charge in [0.25, 0.3) is 0 Å². The fourth-order valence-electron chi connectivity index (χ4n) is 2.14. The molecule has 124 valence electrons. The molecule has 0 unspecified atom stereocenters. The molecule has 1 aromatic carbocycles. The first-order valence-corrected chi connectivity index (χ1v) is 8.53. The van der Waals surface area contributed by atoms with E-state index >= 15 is 0 Å². The number of sulfonamides is 1. The van der Waals surface area contributed by atoms with Crippen LogP contribution in [0.15, 0.2) is 40.2 Å². The van der Waals surface area contributed by atoms with Crippen molar-refractivity contribution in [2.45, 2.75) is 25.3 Å². The van der Waals surface area contributed by atoms with Gasteiger partial charge in [-0.2, -0.15) is 0 Å². The Morgan fingerprint density at radius 1 is 1.17 bits per heavy atom. The minimum absolute atomic E-state index is 0.0898. The Morgan fingerprint density at radius 2 is 1.83 bits per heavy atom. The fourth-order valence-corrected chi connectivity index (χ4v) is 3.40. The van der Waals surface area contributed by atoms with Crippen LogP contribution in [0.3, 0.4) is 0 Å². The molecule has 7 heteroatoms. The molecule has 0 aliphatic carbocycles. The summed E-state index contributed by atoms with van der Waals surface area (Å²) in [7, 11) is -0.668. The van der Waals surface area contributed by atoms with Gasteiger partial charge in [-0.1, -0.05) is 6.07 Å². The van der Waals surface area contributed by atoms with Crippen LogP contribution in [0.5, 0.6) is 5.75 Å². The summed E-state index contributed by atoms with van der Waals surface area (Å²) < 4.78 is 34.2. The quantitative estimate of drug-likeness (QED) is 0.897. The van der Waals surface area contributed by atoms with Crippen LogP contribution in [0.1, 0.15) is 16.7 Å². The summed E-state index contributed by atoms with van der Waals surface area (Å²) >= 11 is 0. The number of methoxy groups -OCH3 is 1. The van der Waals surface area contributed by atoms with E-state index in [0.717, 1.165) is 11.1 Å². The summed E-state index contributed by atoms with van der Waals surface area (Å²) in [6.45, 7) is 3.83. The maximum Gasteiger partial charge on any atom is 0.250 e. The Labute approximate surface area is 135 Å². The van der Waals surface area contributed by atoms with E-state index in [4.69, 9.17) is 4.74 Å². The summed E-state index contributed by atoms with van der Waals surface area (Å²) in [5.41, 5.74) is 2.37. The molecule has 1 N–H and O–H groups in total. The highest BCUT2D eigenvalue weighted by Gasteiger charge is 2.20. The third kappa shape index (κ3) is 3.80. The molecule has 0 fully saturated rings. The molecule has 2 rings (SSSR count). The Morgan fingerprint density at radius 3 is 2.43 bits per heavy atom. The topological polar surface area (TPSA) is 77.4 Å². The van der Waals surface area contributed by atoms with Crippen LogP contribution < -0.4 is 15.0 Å². The molecule has 0 radical (unpaired) electrons. The summed E-state index contributed by atoms with van der Waals surface area (Å²) in [5, 5.41) is 0. The van der Waals surface area contributed by atoms with Gasteiger partial charge >= 0.3 is 0 Å². The zero-order valence-electron chi connectivity index (χ0n) is 13.6. The lowest BCUT2D eigenvalue weighted by molar-refractivity contribution is 0.401. The van der Waals surface area contributed by atoms with E-state index in [9.17, 15) is 13.2 Å². The van der Waals surface area contributed by atoms with Gasteiger partial charge in [0.15, 0.2) is 0 Å². The third-order valence-corrected chi connectivity index (χ3v) is 5.11. The van der Waals surface area contributed by atoms with E-state index in [1.165, 1.54) is 17.7 Å². The van der Waals surface area contributed by atoms with Crippen molar-refractivity contribution in [2.24, 2.45) is 7.05 Å². The van der Waals surface area contributed by atoms with Crippen molar-refractivity contribution in [3.05, 3.63) is 57.5 Å². The highest BCUT2D eigenvalue weighted by Crippen LogP contribution is 2.27. The molecule has 1 aromatic heterocycles. The first-order chi connectivity index (χ1) is 10.7. The normalized spacial score (nSPS) is 11.5. The van der Waals surface area contributed by atoms with E-state index in [1.54, 1.807) is 31.4 Å². The molecule has 0 saturated heterocycles. The van der Waals surface area contributed by atoms with Gasteiger partial charge in [-0.25, -0.2) is 13.1 Å². The Kier molecular flexibility index (Phi) is 4.91. The van der Waals surface area contributed by atoms with Crippen molar-refractivity contribution in [2.75, 3.05) is 7.11 Å². The molecule has 0 amide bonds. The molecular weight excluding hydrogens is 316 g/mol. The number of aromatic nitrogens is 1. The predicted molar refractivity (Wildman–Crippen MR) is 88.2 cm³/mol. The molecular formula is C16H20N2O4S. The first-order valence-electron chi connectivity index (χ1n) is 7.05. The van der Waals surface area contributed by atoms with Crippen LogP contribution in [-0.4, -0.2) is 20.1 Å². The number of ether oxygens (including phenoxy) is 1. The second kappa shape index (κ2) is 6.55. The number of rotatable bonds is 5. The number of benzene rings is 1. The van der Waals surface area contributed by atoms with Gasteiger partial charge in [-0.15, -0.1) is 0 Å². The average molecular weight is 336 g/mol. The Hall–Kier alpha value is -2.12. The second-order valence-electron chi connectivity index (χ2n) is 5.40. The number of nitrogens with zero attached hydrogens (tertiary/aromatic N) is 1. The third-order valence-electron chi connectivity index (χ3n) is 3.68. The highest BCUT2D eigenvalue weighted by atomic mass is 32.2. The fraction of sp³-hybridized carbons (Fsp3) is 0.312. The van der Waals surface area contributed by atoms with Crippen molar-refractivity contribution in [3.8, 4) is 5.75 Å². The van der Waals surface area contributed by atoms with E-state index in [2.05, 4.69) is 4.72 Å². The molecule has 6 nitrogen and oxygen atoms in total. The van der Waals surface area contributed by atoms with Crippen molar-refractivity contribution in [1.82, 2.24) is 9.29 Å². The summed E-state index contributed by atoms with van der Waals surface area (Å²) in [5.74, 6) is 0.307. The lowest BCUT2D eigenvalue weighted by atomic mass is 10.1. The predicted octanol–water partition coefficient (Wildman–Crippen LogP) is 1.49. The first kappa shape index (κ1) is 17.2. The van der Waals surface area contributed by atoms with E-state index in [0.29, 0.717) is 11.3 Å². The van der Waals surface area contributed by atoms with Gasteiger partial charge in [0.2, 0.25) is 15.6 Å². The SMILES string of the molecule is COc1cc(C)c(C)cc1S(=O)(=O)NCc1ccc(=O)n(C)c1. The van der Waals surface area contributed by atoms with Crippen LogP contribution in [0.25, 0.3) is 0 Å². The number of pyridine rings is 1. The van der Waals surface area contributed by atoms with Gasteiger partial charge in [-0.3, -0.25) is 4.79 Å². The van der Waals surface area contributed by atoms with Crippen LogP contribution in [-0.2, 0) is 23.6 Å². The minimum Gasteiger partial charge on any atom is -0.495 e. The van der Waals surface area contributed by atoms with Gasteiger partial charge in [0, 0.05) is 25.9 Å². The van der Waals surface area contributed by atoms with Crippen molar-refractivity contribution >= 4 is 10.0 Å². The van der Waals surface area contributed by atoms with Gasteiger partial charge in [0.05, 0.1) is 7.11 Å². The molecule has 0 bridgehead atoms. The van der Waals surface area contributed by atoms with Gasteiger partial charge in [0.1, 0.15) is 10.6 Å². The highest BCUT2D eigenvalue weighted by molar-refractivity contribution is 7.89. The number of hydrogen-bond acceptors (Lipinski definition) is 4. The number of aryl methyl sites for hydroxylation is 3. The van der Waals surface area contributed by atoms with Gasteiger partial charge < -0.3 is 9.30 Å². The lowest BCUT2D eigenvalue weighted by Gasteiger charge is -2.13. The van der Waals surface area contributed by atoms with Crippen LogP contribution in [0.4, 0.5) is 0 Å². The van der Waals surface area contributed by atoms with E-state index in [-0.39, 0.29) is 17.0 Å². The molecule has 0 atom stereocenters. The zero-order chi connectivity index (χ0) is 17.2. The number of nitrogens with one attached hydrogen (secondary N) is 1. The smallest absolute Gasteiger partial charge is 0.250 e. The minimum atomic E-state index is -3.73. The van der Waals surface area contributed by atoms with E-state index < -0.39 is 10.0 Å². The summed E-state index contributed by atoms with van der Waals surface area (Å²) in [6.07, 6.45) is 1.60. The molecule has 0 aliphatic rings. The number of hydrogen-bond donors (Lipinski definition) is 1.